The molecule has 0 fully saturated rings. The van der Waals surface area contributed by atoms with Crippen LogP contribution in [0.5, 0.6) is 0 Å². The Bertz CT molecular complexity index is 739. The topological polar surface area (TPSA) is 25.8 Å². The molecule has 0 aliphatic rings. The van der Waals surface area contributed by atoms with Gasteiger partial charge in [0.15, 0.2) is 0 Å². The highest BCUT2D eigenvalue weighted by molar-refractivity contribution is 7.18. The highest BCUT2D eigenvalue weighted by Gasteiger charge is 2.11. The molecule has 90 valence electrons. The van der Waals surface area contributed by atoms with Crippen molar-refractivity contribution in [2.45, 2.75) is 6.92 Å². The third kappa shape index (κ3) is 1.78. The van der Waals surface area contributed by atoms with Gasteiger partial charge in [-0.2, -0.15) is 0 Å². The van der Waals surface area contributed by atoms with Gasteiger partial charge in [-0.05, 0) is 30.2 Å². The first-order valence-corrected chi connectivity index (χ1v) is 6.57. The fraction of sp³-hybridized carbons (Fsp3) is 0.0769. The lowest BCUT2D eigenvalue weighted by molar-refractivity contribution is 0.619. The van der Waals surface area contributed by atoms with E-state index in [2.05, 4.69) is 9.97 Å². The van der Waals surface area contributed by atoms with Crippen LogP contribution in [0.3, 0.4) is 0 Å². The molecular weight excluding hydrogens is 271 g/mol. The quantitative estimate of drug-likeness (QED) is 0.614. The molecule has 2 aromatic heterocycles. The van der Waals surface area contributed by atoms with Gasteiger partial charge in [-0.15, -0.1) is 11.3 Å². The second-order valence-corrected chi connectivity index (χ2v) is 5.19. The van der Waals surface area contributed by atoms with Crippen molar-refractivity contribution in [2.75, 3.05) is 0 Å². The van der Waals surface area contributed by atoms with Gasteiger partial charge < -0.3 is 0 Å². The van der Waals surface area contributed by atoms with E-state index in [0.717, 1.165) is 21.3 Å². The second kappa shape index (κ2) is 4.30. The average molecular weight is 279 g/mol. The van der Waals surface area contributed by atoms with Crippen molar-refractivity contribution in [1.82, 2.24) is 9.97 Å². The van der Waals surface area contributed by atoms with Crippen LogP contribution >= 0.6 is 22.9 Å². The Kier molecular flexibility index (Phi) is 2.76. The number of halogens is 2. The highest BCUT2D eigenvalue weighted by Crippen LogP contribution is 2.35. The van der Waals surface area contributed by atoms with E-state index in [4.69, 9.17) is 11.6 Å². The van der Waals surface area contributed by atoms with Crippen molar-refractivity contribution in [3.05, 3.63) is 46.4 Å². The van der Waals surface area contributed by atoms with Crippen LogP contribution in [0.25, 0.3) is 21.3 Å². The van der Waals surface area contributed by atoms with Gasteiger partial charge in [-0.25, -0.2) is 14.4 Å². The average Bonchev–Trinajstić information content (AvgIpc) is 2.78. The van der Waals surface area contributed by atoms with E-state index in [0.29, 0.717) is 10.7 Å². The Hall–Kier alpha value is -1.52. The standard InChI is InChI=1S/C13H8ClFN2S/c1-7-4-8(2-3-10(7)15)9-5-18-12-11(9)16-6-17-13(12)14/h2-6H,1H3. The van der Waals surface area contributed by atoms with Crippen molar-refractivity contribution < 1.29 is 4.39 Å². The maximum Gasteiger partial charge on any atom is 0.150 e. The van der Waals surface area contributed by atoms with E-state index in [1.807, 2.05) is 11.4 Å². The predicted molar refractivity (Wildman–Crippen MR) is 72.6 cm³/mol. The van der Waals surface area contributed by atoms with E-state index in [9.17, 15) is 4.39 Å². The molecule has 0 saturated carbocycles. The zero-order valence-corrected chi connectivity index (χ0v) is 11.0. The molecule has 0 atom stereocenters. The molecule has 1 aromatic carbocycles. The van der Waals surface area contributed by atoms with E-state index in [1.165, 1.54) is 23.7 Å². The molecular formula is C13H8ClFN2S. The monoisotopic (exact) mass is 278 g/mol. The van der Waals surface area contributed by atoms with Gasteiger partial charge in [0.2, 0.25) is 0 Å². The van der Waals surface area contributed by atoms with Crippen molar-refractivity contribution in [1.29, 1.82) is 0 Å². The lowest BCUT2D eigenvalue weighted by atomic mass is 10.1. The molecule has 2 heterocycles. The Balaban J connectivity index is 2.25. The minimum Gasteiger partial charge on any atom is -0.235 e. The van der Waals surface area contributed by atoms with Gasteiger partial charge >= 0.3 is 0 Å². The summed E-state index contributed by atoms with van der Waals surface area (Å²) in [7, 11) is 0. The van der Waals surface area contributed by atoms with Crippen LogP contribution in [0.15, 0.2) is 29.9 Å². The molecule has 0 saturated heterocycles. The Morgan fingerprint density at radius 2 is 2.11 bits per heavy atom. The third-order valence-corrected chi connectivity index (χ3v) is 4.15. The lowest BCUT2D eigenvalue weighted by Gasteiger charge is -2.02. The molecule has 5 heteroatoms. The summed E-state index contributed by atoms with van der Waals surface area (Å²) in [5.41, 5.74) is 3.33. The Labute approximate surface area is 112 Å². The first-order valence-electron chi connectivity index (χ1n) is 5.31. The molecule has 0 spiro atoms. The first-order chi connectivity index (χ1) is 8.66. The zero-order chi connectivity index (χ0) is 12.7. The summed E-state index contributed by atoms with van der Waals surface area (Å²) in [5.74, 6) is -0.203. The molecule has 3 aromatic rings. The molecule has 0 bridgehead atoms. The van der Waals surface area contributed by atoms with Crippen LogP contribution in [0.4, 0.5) is 4.39 Å². The summed E-state index contributed by atoms with van der Waals surface area (Å²) < 4.78 is 14.1. The fourth-order valence-electron chi connectivity index (χ4n) is 1.84. The molecule has 0 amide bonds. The molecule has 0 N–H and O–H groups in total. The molecule has 2 nitrogen and oxygen atoms in total. The van der Waals surface area contributed by atoms with Crippen LogP contribution in [-0.4, -0.2) is 9.97 Å². The summed E-state index contributed by atoms with van der Waals surface area (Å²) in [6.07, 6.45) is 1.44. The van der Waals surface area contributed by atoms with Crippen molar-refractivity contribution >= 4 is 33.2 Å². The van der Waals surface area contributed by atoms with Gasteiger partial charge in [0.05, 0.1) is 10.2 Å². The van der Waals surface area contributed by atoms with Crippen molar-refractivity contribution in [2.24, 2.45) is 0 Å². The zero-order valence-electron chi connectivity index (χ0n) is 9.45. The van der Waals surface area contributed by atoms with Crippen LogP contribution in [0, 0.1) is 12.7 Å². The van der Waals surface area contributed by atoms with Crippen LogP contribution in [0.2, 0.25) is 5.15 Å². The minimum absolute atomic E-state index is 0.203. The SMILES string of the molecule is Cc1cc(-c2csc3c(Cl)ncnc23)ccc1F. The minimum atomic E-state index is -0.203. The number of aromatic nitrogens is 2. The molecule has 3 rings (SSSR count). The number of nitrogens with zero attached hydrogens (tertiary/aromatic N) is 2. The molecule has 0 aliphatic heterocycles. The maximum absolute atomic E-state index is 13.3. The Morgan fingerprint density at radius 1 is 1.28 bits per heavy atom. The largest absolute Gasteiger partial charge is 0.235 e. The number of thiophene rings is 1. The Morgan fingerprint density at radius 3 is 2.89 bits per heavy atom. The van der Waals surface area contributed by atoms with Crippen molar-refractivity contribution in [3.8, 4) is 11.1 Å². The summed E-state index contributed by atoms with van der Waals surface area (Å²) >= 11 is 7.51. The smallest absolute Gasteiger partial charge is 0.150 e. The first kappa shape index (κ1) is 11.6. The highest BCUT2D eigenvalue weighted by atomic mass is 35.5. The second-order valence-electron chi connectivity index (χ2n) is 3.96. The van der Waals surface area contributed by atoms with Crippen LogP contribution < -0.4 is 0 Å². The summed E-state index contributed by atoms with van der Waals surface area (Å²) in [6.45, 7) is 1.75. The van der Waals surface area contributed by atoms with Crippen LogP contribution in [0.1, 0.15) is 5.56 Å². The van der Waals surface area contributed by atoms with Gasteiger partial charge in [0.25, 0.3) is 0 Å². The number of aryl methyl sites for hydroxylation is 1. The number of benzene rings is 1. The van der Waals surface area contributed by atoms with E-state index in [1.54, 1.807) is 13.0 Å². The van der Waals surface area contributed by atoms with Gasteiger partial charge in [0.1, 0.15) is 17.3 Å². The van der Waals surface area contributed by atoms with E-state index in [-0.39, 0.29) is 5.82 Å². The number of hydrogen-bond donors (Lipinski definition) is 0. The van der Waals surface area contributed by atoms with E-state index < -0.39 is 0 Å². The lowest BCUT2D eigenvalue weighted by Crippen LogP contribution is -1.85. The van der Waals surface area contributed by atoms with Crippen LogP contribution in [-0.2, 0) is 0 Å². The predicted octanol–water partition coefficient (Wildman–Crippen LogP) is 4.46. The summed E-state index contributed by atoms with van der Waals surface area (Å²) in [4.78, 5) is 8.20. The van der Waals surface area contributed by atoms with Gasteiger partial charge in [-0.1, -0.05) is 17.7 Å². The maximum atomic E-state index is 13.3. The summed E-state index contributed by atoms with van der Waals surface area (Å²) in [6, 6.07) is 5.03. The summed E-state index contributed by atoms with van der Waals surface area (Å²) in [5, 5.41) is 2.42. The molecule has 0 radical (unpaired) electrons. The third-order valence-electron chi connectivity index (χ3n) is 2.78. The number of fused-ring (bicyclic) bond motifs is 1. The number of hydrogen-bond acceptors (Lipinski definition) is 3. The van der Waals surface area contributed by atoms with Gasteiger partial charge in [0, 0.05) is 10.9 Å². The molecule has 0 unspecified atom stereocenters. The molecule has 18 heavy (non-hydrogen) atoms. The van der Waals surface area contributed by atoms with E-state index >= 15 is 0 Å². The van der Waals surface area contributed by atoms with Crippen molar-refractivity contribution in [3.63, 3.8) is 0 Å². The fourth-order valence-corrected chi connectivity index (χ4v) is 3.01. The normalized spacial score (nSPS) is 11.1. The molecule has 0 aliphatic carbocycles. The van der Waals surface area contributed by atoms with Gasteiger partial charge in [-0.3, -0.25) is 0 Å². The number of rotatable bonds is 1.